The molecule has 0 radical (unpaired) electrons. The van der Waals surface area contributed by atoms with Crippen LogP contribution < -0.4 is 15.8 Å². The number of hydrogen-bond donors (Lipinski definition) is 2. The number of amides is 1. The van der Waals surface area contributed by atoms with Gasteiger partial charge in [-0.25, -0.2) is 14.4 Å². The van der Waals surface area contributed by atoms with Crippen LogP contribution in [0.1, 0.15) is 42.8 Å². The number of ether oxygens (including phenoxy) is 1. The van der Waals surface area contributed by atoms with Crippen molar-refractivity contribution in [1.29, 1.82) is 0 Å². The number of anilines is 1. The predicted molar refractivity (Wildman–Crippen MR) is 135 cm³/mol. The molecule has 0 saturated carbocycles. The zero-order valence-electron chi connectivity index (χ0n) is 19.6. The molecule has 35 heavy (non-hydrogen) atoms. The first-order chi connectivity index (χ1) is 16.6. The Hall–Kier alpha value is -2.94. The van der Waals surface area contributed by atoms with Crippen molar-refractivity contribution in [3.8, 4) is 17.1 Å². The van der Waals surface area contributed by atoms with E-state index >= 15 is 0 Å². The highest BCUT2D eigenvalue weighted by Gasteiger charge is 2.26. The summed E-state index contributed by atoms with van der Waals surface area (Å²) < 4.78 is 19.8. The largest absolute Gasteiger partial charge is 0.467 e. The average Bonchev–Trinajstić information content (AvgIpc) is 2.82. The predicted octanol–water partition coefficient (Wildman–Crippen LogP) is 5.13. The second-order valence-electron chi connectivity index (χ2n) is 8.72. The summed E-state index contributed by atoms with van der Waals surface area (Å²) in [6.45, 7) is 7.11. The van der Waals surface area contributed by atoms with Crippen LogP contribution in [0.4, 0.5) is 10.2 Å². The van der Waals surface area contributed by atoms with Crippen molar-refractivity contribution in [2.45, 2.75) is 39.0 Å². The van der Waals surface area contributed by atoms with E-state index in [0.717, 1.165) is 5.56 Å². The van der Waals surface area contributed by atoms with Gasteiger partial charge in [0.05, 0.1) is 16.9 Å². The highest BCUT2D eigenvalue weighted by Crippen LogP contribution is 2.35. The summed E-state index contributed by atoms with van der Waals surface area (Å²) in [5.74, 6) is -0.483. The lowest BCUT2D eigenvalue weighted by Crippen LogP contribution is -2.55. The summed E-state index contributed by atoms with van der Waals surface area (Å²) in [4.78, 5) is 23.5. The van der Waals surface area contributed by atoms with Crippen molar-refractivity contribution in [2.24, 2.45) is 0 Å². The quantitative estimate of drug-likeness (QED) is 0.455. The van der Waals surface area contributed by atoms with Crippen LogP contribution in [0.2, 0.25) is 10.0 Å². The van der Waals surface area contributed by atoms with Crippen molar-refractivity contribution in [1.82, 2.24) is 20.2 Å². The van der Waals surface area contributed by atoms with E-state index in [1.807, 2.05) is 4.90 Å². The number of nitrogens with two attached hydrogens (primary N) is 1. The fourth-order valence-corrected chi connectivity index (χ4v) is 4.89. The number of hydrogen-bond acceptors (Lipinski definition) is 6. The zero-order chi connectivity index (χ0) is 25.3. The van der Waals surface area contributed by atoms with Crippen LogP contribution in [0.15, 0.2) is 42.6 Å². The summed E-state index contributed by atoms with van der Waals surface area (Å²) in [5, 5.41) is 3.56. The second kappa shape index (κ2) is 10.4. The van der Waals surface area contributed by atoms with Gasteiger partial charge in [0.2, 0.25) is 0 Å². The van der Waals surface area contributed by atoms with Crippen LogP contribution >= 0.6 is 23.2 Å². The minimum atomic E-state index is -0.735. The van der Waals surface area contributed by atoms with Gasteiger partial charge >= 0.3 is 0 Å². The monoisotopic (exact) mass is 517 g/mol. The van der Waals surface area contributed by atoms with Gasteiger partial charge < -0.3 is 20.7 Å². The molecule has 2 aromatic carbocycles. The van der Waals surface area contributed by atoms with E-state index in [9.17, 15) is 9.18 Å². The number of rotatable bonds is 5. The van der Waals surface area contributed by atoms with Crippen LogP contribution in [-0.2, 0) is 0 Å². The number of nitrogens with zero attached hydrogens (tertiary/aromatic N) is 3. The van der Waals surface area contributed by atoms with E-state index < -0.39 is 11.9 Å². The molecule has 2 heterocycles. The SMILES string of the molecule is CC1CN(C(=O)c2ccc(-c3cnc(N)c(OC(C)c4c(Cl)ccc(F)c4Cl)n3)cc2)CC(C)N1. The van der Waals surface area contributed by atoms with Gasteiger partial charge in [0.15, 0.2) is 5.82 Å². The molecule has 1 amide bonds. The number of benzene rings is 2. The third-order valence-corrected chi connectivity index (χ3v) is 6.53. The molecule has 184 valence electrons. The number of carbonyl (C=O) groups excluding carboxylic acids is 1. The van der Waals surface area contributed by atoms with Crippen molar-refractivity contribution in [2.75, 3.05) is 18.8 Å². The van der Waals surface area contributed by atoms with E-state index in [0.29, 0.717) is 29.9 Å². The molecule has 3 N–H and O–H groups in total. The molecular weight excluding hydrogens is 492 g/mol. The van der Waals surface area contributed by atoms with E-state index in [1.165, 1.54) is 18.3 Å². The van der Waals surface area contributed by atoms with Gasteiger partial charge in [-0.15, -0.1) is 0 Å². The number of carbonyl (C=O) groups is 1. The topological polar surface area (TPSA) is 93.4 Å². The first-order valence-corrected chi connectivity index (χ1v) is 12.0. The molecule has 1 aromatic heterocycles. The van der Waals surface area contributed by atoms with E-state index in [1.54, 1.807) is 31.2 Å². The normalized spacial score (nSPS) is 18.9. The molecular formula is C25H26Cl2FN5O2. The molecule has 0 aliphatic carbocycles. The minimum Gasteiger partial charge on any atom is -0.467 e. The second-order valence-corrected chi connectivity index (χ2v) is 9.50. The molecule has 3 aromatic rings. The number of nitrogens with one attached hydrogen (secondary N) is 1. The Labute approximate surface area is 213 Å². The number of piperazine rings is 1. The maximum absolute atomic E-state index is 13.9. The lowest BCUT2D eigenvalue weighted by atomic mass is 10.1. The van der Waals surface area contributed by atoms with E-state index in [2.05, 4.69) is 29.1 Å². The molecule has 4 rings (SSSR count). The summed E-state index contributed by atoms with van der Waals surface area (Å²) in [6, 6.07) is 10.2. The lowest BCUT2D eigenvalue weighted by molar-refractivity contribution is 0.0674. The van der Waals surface area contributed by atoms with Crippen LogP contribution in [0.3, 0.4) is 0 Å². The van der Waals surface area contributed by atoms with Gasteiger partial charge in [-0.3, -0.25) is 4.79 Å². The van der Waals surface area contributed by atoms with Gasteiger partial charge in [-0.2, -0.15) is 0 Å². The molecule has 1 aliphatic heterocycles. The van der Waals surface area contributed by atoms with E-state index in [4.69, 9.17) is 33.7 Å². The van der Waals surface area contributed by atoms with Crippen LogP contribution in [0.5, 0.6) is 5.88 Å². The number of halogens is 3. The third-order valence-electron chi connectivity index (χ3n) is 5.81. The number of nitrogen functional groups attached to an aromatic ring is 1. The lowest BCUT2D eigenvalue weighted by Gasteiger charge is -2.36. The third kappa shape index (κ3) is 5.50. The Morgan fingerprint density at radius 2 is 1.83 bits per heavy atom. The van der Waals surface area contributed by atoms with Gasteiger partial charge in [0.25, 0.3) is 11.8 Å². The molecule has 3 unspecified atom stereocenters. The van der Waals surface area contributed by atoms with Gasteiger partial charge in [-0.1, -0.05) is 35.3 Å². The maximum Gasteiger partial charge on any atom is 0.258 e. The van der Waals surface area contributed by atoms with E-state index in [-0.39, 0.29) is 39.7 Å². The molecule has 0 bridgehead atoms. The smallest absolute Gasteiger partial charge is 0.258 e. The Morgan fingerprint density at radius 1 is 1.17 bits per heavy atom. The Balaban J connectivity index is 1.54. The van der Waals surface area contributed by atoms with Crippen LogP contribution in [0.25, 0.3) is 11.3 Å². The molecule has 0 spiro atoms. The molecule has 1 saturated heterocycles. The molecule has 10 heteroatoms. The summed E-state index contributed by atoms with van der Waals surface area (Å²) in [6.07, 6.45) is 0.784. The van der Waals surface area contributed by atoms with Gasteiger partial charge in [-0.05, 0) is 45.0 Å². The van der Waals surface area contributed by atoms with Crippen molar-refractivity contribution < 1.29 is 13.9 Å². The Morgan fingerprint density at radius 3 is 2.49 bits per heavy atom. The average molecular weight is 518 g/mol. The van der Waals surface area contributed by atoms with Crippen LogP contribution in [0, 0.1) is 5.82 Å². The zero-order valence-corrected chi connectivity index (χ0v) is 21.1. The minimum absolute atomic E-state index is 0.0122. The summed E-state index contributed by atoms with van der Waals surface area (Å²) in [7, 11) is 0. The first kappa shape index (κ1) is 25.2. The Kier molecular flexibility index (Phi) is 7.44. The van der Waals surface area contributed by atoms with Crippen LogP contribution in [-0.4, -0.2) is 45.9 Å². The number of aromatic nitrogens is 2. The highest BCUT2D eigenvalue weighted by molar-refractivity contribution is 6.36. The first-order valence-electron chi connectivity index (χ1n) is 11.2. The Bertz CT molecular complexity index is 1230. The molecule has 3 atom stereocenters. The fourth-order valence-electron chi connectivity index (χ4n) is 4.21. The van der Waals surface area contributed by atoms with Crippen molar-refractivity contribution in [3.05, 3.63) is 69.6 Å². The van der Waals surface area contributed by atoms with Gasteiger partial charge in [0, 0.05) is 46.9 Å². The van der Waals surface area contributed by atoms with Crippen molar-refractivity contribution in [3.63, 3.8) is 0 Å². The summed E-state index contributed by atoms with van der Waals surface area (Å²) >= 11 is 12.3. The molecule has 1 aliphatic rings. The standard InChI is InChI=1S/C25H26Cl2FN5O2/c1-13-11-33(12-14(2)31-13)25(34)17-6-4-16(5-7-17)20-10-30-23(29)24(32-20)35-15(3)21-18(26)8-9-19(28)22(21)27/h4-10,13-15,31H,11-12H2,1-3H3,(H2,29,30). The molecule has 7 nitrogen and oxygen atoms in total. The fraction of sp³-hybridized carbons (Fsp3) is 0.320. The molecule has 1 fully saturated rings. The maximum atomic E-state index is 13.9. The van der Waals surface area contributed by atoms with Crippen molar-refractivity contribution >= 4 is 34.9 Å². The van der Waals surface area contributed by atoms with Gasteiger partial charge in [0.1, 0.15) is 11.9 Å². The highest BCUT2D eigenvalue weighted by atomic mass is 35.5. The summed E-state index contributed by atoms with van der Waals surface area (Å²) in [5.41, 5.74) is 8.10.